The molecule has 4 aromatic carbocycles. The second-order valence-electron chi connectivity index (χ2n) is 7.00. The van der Waals surface area contributed by atoms with Gasteiger partial charge in [0.2, 0.25) is 0 Å². The highest BCUT2D eigenvalue weighted by atomic mass is 16.4. The van der Waals surface area contributed by atoms with E-state index < -0.39 is 11.2 Å². The third-order valence-corrected chi connectivity index (χ3v) is 5.29. The molecule has 0 spiro atoms. The highest BCUT2D eigenvalue weighted by molar-refractivity contribution is 6.13. The first-order chi connectivity index (χ1) is 15.1. The first-order valence-corrected chi connectivity index (χ1v) is 9.86. The lowest BCUT2D eigenvalue weighted by Gasteiger charge is -2.45. The van der Waals surface area contributed by atoms with Crippen LogP contribution in [0, 0.1) is 0 Å². The van der Waals surface area contributed by atoms with Gasteiger partial charge in [0.1, 0.15) is 0 Å². The molecule has 4 aromatic rings. The summed E-state index contributed by atoms with van der Waals surface area (Å²) in [5.74, 6) is 0. The average Bonchev–Trinajstić information content (AvgIpc) is 2.85. The highest BCUT2D eigenvalue weighted by Crippen LogP contribution is 2.49. The highest BCUT2D eigenvalue weighted by Gasteiger charge is 2.54. The van der Waals surface area contributed by atoms with Gasteiger partial charge in [-0.3, -0.25) is 0 Å². The standard InChI is InChI=1S/C26H22O2.BH2O2/c27-25(21-13-5-1-6-14-21,22-15-7-2-8-16-22)26(28,23-17-9-3-10-18-23)24-19-11-4-12-20-24;2-1-3/h1-20,27-28H;2-3H. The van der Waals surface area contributed by atoms with Crippen molar-refractivity contribution in [2.45, 2.75) is 11.2 Å². The van der Waals surface area contributed by atoms with Gasteiger partial charge in [-0.1, -0.05) is 121 Å². The lowest BCUT2D eigenvalue weighted by molar-refractivity contribution is -0.113. The molecule has 4 rings (SSSR count). The van der Waals surface area contributed by atoms with Crippen LogP contribution < -0.4 is 0 Å². The molecule has 31 heavy (non-hydrogen) atoms. The molecular weight excluding hydrogens is 387 g/mol. The zero-order chi connectivity index (χ0) is 22.2. The van der Waals surface area contributed by atoms with Gasteiger partial charge in [0.25, 0.3) is 0 Å². The zero-order valence-corrected chi connectivity index (χ0v) is 16.9. The Labute approximate surface area is 183 Å². The maximum Gasteiger partial charge on any atom is 0.482 e. The molecule has 4 nitrogen and oxygen atoms in total. The normalized spacial score (nSPS) is 11.2. The van der Waals surface area contributed by atoms with Crippen LogP contribution in [-0.2, 0) is 11.2 Å². The molecule has 0 unspecified atom stereocenters. The topological polar surface area (TPSA) is 80.9 Å². The van der Waals surface area contributed by atoms with Crippen LogP contribution in [0.15, 0.2) is 121 Å². The molecule has 1 radical (unpaired) electrons. The first kappa shape index (κ1) is 22.5. The van der Waals surface area contributed by atoms with Crippen molar-refractivity contribution < 1.29 is 20.3 Å². The summed E-state index contributed by atoms with van der Waals surface area (Å²) in [5, 5.41) is 38.7. The minimum Gasteiger partial charge on any atom is -0.429 e. The SMILES string of the molecule is OC(c1ccccc1)(c1ccccc1)C(O)(c1ccccc1)c1ccccc1.O[B]O. The summed E-state index contributed by atoms with van der Waals surface area (Å²) in [6.07, 6.45) is 0. The molecule has 0 heterocycles. The van der Waals surface area contributed by atoms with E-state index in [1.807, 2.05) is 121 Å². The van der Waals surface area contributed by atoms with Gasteiger partial charge in [0.15, 0.2) is 11.2 Å². The molecule has 0 saturated heterocycles. The smallest absolute Gasteiger partial charge is 0.429 e. The zero-order valence-electron chi connectivity index (χ0n) is 16.9. The van der Waals surface area contributed by atoms with Gasteiger partial charge in [0, 0.05) is 0 Å². The van der Waals surface area contributed by atoms with Crippen LogP contribution in [0.3, 0.4) is 0 Å². The van der Waals surface area contributed by atoms with E-state index in [0.717, 1.165) is 0 Å². The average molecular weight is 411 g/mol. The van der Waals surface area contributed by atoms with Crippen molar-refractivity contribution in [2.24, 2.45) is 0 Å². The Hall–Kier alpha value is -3.22. The Kier molecular flexibility index (Phi) is 7.39. The van der Waals surface area contributed by atoms with Crippen molar-refractivity contribution in [1.82, 2.24) is 0 Å². The molecule has 0 saturated carbocycles. The van der Waals surface area contributed by atoms with Crippen LogP contribution in [0.25, 0.3) is 0 Å². The molecule has 0 atom stereocenters. The van der Waals surface area contributed by atoms with Crippen molar-refractivity contribution in [2.75, 3.05) is 0 Å². The van der Waals surface area contributed by atoms with Crippen molar-refractivity contribution in [3.8, 4) is 0 Å². The van der Waals surface area contributed by atoms with Crippen molar-refractivity contribution in [1.29, 1.82) is 0 Å². The van der Waals surface area contributed by atoms with Gasteiger partial charge in [-0.25, -0.2) is 0 Å². The van der Waals surface area contributed by atoms with E-state index in [2.05, 4.69) is 0 Å². The van der Waals surface area contributed by atoms with Gasteiger partial charge in [0.05, 0.1) is 0 Å². The predicted octanol–water partition coefficient (Wildman–Crippen LogP) is 3.36. The molecule has 5 heteroatoms. The Morgan fingerprint density at radius 2 is 0.548 bits per heavy atom. The van der Waals surface area contributed by atoms with Gasteiger partial charge >= 0.3 is 7.69 Å². The molecule has 155 valence electrons. The van der Waals surface area contributed by atoms with Crippen molar-refractivity contribution >= 4 is 7.69 Å². The summed E-state index contributed by atoms with van der Waals surface area (Å²) in [4.78, 5) is 0. The maximum atomic E-state index is 12.3. The molecule has 0 aliphatic rings. The first-order valence-electron chi connectivity index (χ1n) is 9.86. The number of benzene rings is 4. The number of rotatable bonds is 5. The Morgan fingerprint density at radius 3 is 0.710 bits per heavy atom. The monoisotopic (exact) mass is 411 g/mol. The summed E-state index contributed by atoms with van der Waals surface area (Å²) in [6, 6.07) is 37.4. The van der Waals surface area contributed by atoms with Crippen LogP contribution in [0.1, 0.15) is 22.3 Å². The van der Waals surface area contributed by atoms with Gasteiger partial charge in [-0.05, 0) is 22.3 Å². The van der Waals surface area contributed by atoms with E-state index in [0.29, 0.717) is 22.3 Å². The summed E-state index contributed by atoms with van der Waals surface area (Å²) >= 11 is 0. The third-order valence-electron chi connectivity index (χ3n) is 5.29. The summed E-state index contributed by atoms with van der Waals surface area (Å²) in [6.45, 7) is 0. The Bertz CT molecular complexity index is 876. The van der Waals surface area contributed by atoms with Crippen molar-refractivity contribution in [3.05, 3.63) is 144 Å². The second-order valence-corrected chi connectivity index (χ2v) is 7.00. The fourth-order valence-corrected chi connectivity index (χ4v) is 3.89. The molecule has 4 N–H and O–H groups in total. The summed E-state index contributed by atoms with van der Waals surface area (Å²) < 4.78 is 0. The van der Waals surface area contributed by atoms with Gasteiger partial charge < -0.3 is 20.3 Å². The van der Waals surface area contributed by atoms with Crippen LogP contribution in [0.5, 0.6) is 0 Å². The summed E-state index contributed by atoms with van der Waals surface area (Å²) in [7, 11) is 0. The second kappa shape index (κ2) is 10.2. The molecule has 0 bridgehead atoms. The predicted molar refractivity (Wildman–Crippen MR) is 122 cm³/mol. The third kappa shape index (κ3) is 4.31. The molecule has 0 fully saturated rings. The summed E-state index contributed by atoms with van der Waals surface area (Å²) in [5.41, 5.74) is -0.906. The van der Waals surface area contributed by atoms with E-state index in [9.17, 15) is 10.2 Å². The molecule has 0 aliphatic heterocycles. The van der Waals surface area contributed by atoms with Gasteiger partial charge in [-0.2, -0.15) is 0 Å². The molecule has 0 amide bonds. The number of hydrogen-bond donors (Lipinski definition) is 4. The molecule has 0 aromatic heterocycles. The van der Waals surface area contributed by atoms with Crippen LogP contribution in [-0.4, -0.2) is 27.9 Å². The lowest BCUT2D eigenvalue weighted by Crippen LogP contribution is -2.51. The minimum atomic E-state index is -1.70. The Balaban J connectivity index is 0.000000858. The van der Waals surface area contributed by atoms with Crippen LogP contribution in [0.4, 0.5) is 0 Å². The van der Waals surface area contributed by atoms with E-state index in [1.165, 1.54) is 0 Å². The quantitative estimate of drug-likeness (QED) is 0.380. The molecular formula is C26H24BO4. The lowest BCUT2D eigenvalue weighted by atomic mass is 9.66. The molecule has 0 aliphatic carbocycles. The van der Waals surface area contributed by atoms with E-state index >= 15 is 0 Å². The number of aliphatic hydroxyl groups is 2. The van der Waals surface area contributed by atoms with E-state index in [-0.39, 0.29) is 7.69 Å². The minimum absolute atomic E-state index is 0. The maximum absolute atomic E-state index is 12.3. The number of hydrogen-bond acceptors (Lipinski definition) is 4. The van der Waals surface area contributed by atoms with Crippen molar-refractivity contribution in [3.63, 3.8) is 0 Å². The fourth-order valence-electron chi connectivity index (χ4n) is 3.89. The van der Waals surface area contributed by atoms with E-state index in [4.69, 9.17) is 10.0 Å². The van der Waals surface area contributed by atoms with Crippen LogP contribution >= 0.6 is 0 Å². The van der Waals surface area contributed by atoms with Crippen LogP contribution in [0.2, 0.25) is 0 Å². The fraction of sp³-hybridized carbons (Fsp3) is 0.0769. The largest absolute Gasteiger partial charge is 0.482 e. The van der Waals surface area contributed by atoms with E-state index in [1.54, 1.807) is 0 Å². The Morgan fingerprint density at radius 1 is 0.387 bits per heavy atom. The van der Waals surface area contributed by atoms with Gasteiger partial charge in [-0.15, -0.1) is 0 Å².